The van der Waals surface area contributed by atoms with Crippen molar-refractivity contribution in [2.75, 3.05) is 31.9 Å². The molecule has 2 aromatic heterocycles. The fourth-order valence-corrected chi connectivity index (χ4v) is 6.74. The molecule has 2 N–H and O–H groups in total. The van der Waals surface area contributed by atoms with E-state index in [9.17, 15) is 9.59 Å². The quantitative estimate of drug-likeness (QED) is 0.701. The zero-order valence-electron chi connectivity index (χ0n) is 17.3. The molecule has 1 fully saturated rings. The van der Waals surface area contributed by atoms with Crippen LogP contribution < -0.4 is 10.9 Å². The van der Waals surface area contributed by atoms with Gasteiger partial charge in [-0.1, -0.05) is 13.8 Å². The van der Waals surface area contributed by atoms with Gasteiger partial charge >= 0.3 is 0 Å². The van der Waals surface area contributed by atoms with E-state index in [1.807, 2.05) is 0 Å². The average Bonchev–Trinajstić information content (AvgIpc) is 3.21. The van der Waals surface area contributed by atoms with Gasteiger partial charge in [-0.3, -0.25) is 9.59 Å². The first-order valence-corrected chi connectivity index (χ1v) is 12.6. The fourth-order valence-electron chi connectivity index (χ4n) is 4.73. The van der Waals surface area contributed by atoms with E-state index in [4.69, 9.17) is 0 Å². The first kappa shape index (κ1) is 20.9. The minimum Gasteiger partial charge on any atom is -0.354 e. The van der Waals surface area contributed by atoms with E-state index < -0.39 is 0 Å². The number of aromatic amines is 1. The molecule has 0 aromatic carbocycles. The molecule has 1 aliphatic carbocycles. The Kier molecular flexibility index (Phi) is 6.61. The number of rotatable bonds is 7. The largest absolute Gasteiger partial charge is 0.354 e. The van der Waals surface area contributed by atoms with Crippen molar-refractivity contribution < 1.29 is 4.79 Å². The predicted octanol–water partition coefficient (Wildman–Crippen LogP) is 2.80. The van der Waals surface area contributed by atoms with Crippen molar-refractivity contribution in [3.63, 3.8) is 0 Å². The second-order valence-electron chi connectivity index (χ2n) is 8.60. The molecule has 2 aromatic rings. The van der Waals surface area contributed by atoms with Crippen molar-refractivity contribution in [3.05, 3.63) is 26.6 Å². The zero-order chi connectivity index (χ0) is 20.4. The topological polar surface area (TPSA) is 78.1 Å². The van der Waals surface area contributed by atoms with Crippen molar-refractivity contribution >= 4 is 39.2 Å². The number of hydrogen-bond acceptors (Lipinski definition) is 6. The standard InChI is InChI=1S/C21H30N4O2S2/c1-13-8-14(2)10-25(9-13)7-6-22-18(26)12-28-11-17-23-20(27)19-15-4-3-5-16(15)29-21(19)24-17/h13-14H,3-12H2,1-2H3,(H,22,26)(H,23,24,27). The lowest BCUT2D eigenvalue weighted by Crippen LogP contribution is -2.43. The van der Waals surface area contributed by atoms with Crippen LogP contribution >= 0.6 is 23.1 Å². The summed E-state index contributed by atoms with van der Waals surface area (Å²) in [4.78, 5) is 36.8. The lowest BCUT2D eigenvalue weighted by molar-refractivity contribution is -0.118. The number of likely N-dealkylation sites (tertiary alicyclic amines) is 1. The lowest BCUT2D eigenvalue weighted by atomic mass is 9.92. The van der Waals surface area contributed by atoms with Crippen LogP contribution in [0, 0.1) is 11.8 Å². The maximum absolute atomic E-state index is 12.5. The number of H-pyrrole nitrogens is 1. The van der Waals surface area contributed by atoms with Crippen LogP contribution in [0.1, 0.15) is 43.0 Å². The first-order valence-electron chi connectivity index (χ1n) is 10.6. The molecule has 158 valence electrons. The maximum atomic E-state index is 12.5. The highest BCUT2D eigenvalue weighted by Gasteiger charge is 2.22. The molecule has 29 heavy (non-hydrogen) atoms. The van der Waals surface area contributed by atoms with E-state index >= 15 is 0 Å². The molecule has 3 heterocycles. The number of thiophene rings is 1. The van der Waals surface area contributed by atoms with E-state index in [-0.39, 0.29) is 11.5 Å². The molecule has 2 unspecified atom stereocenters. The fraction of sp³-hybridized carbons (Fsp3) is 0.667. The van der Waals surface area contributed by atoms with E-state index in [1.165, 1.54) is 28.6 Å². The van der Waals surface area contributed by atoms with Crippen LogP contribution in [0.3, 0.4) is 0 Å². The summed E-state index contributed by atoms with van der Waals surface area (Å²) in [7, 11) is 0. The predicted molar refractivity (Wildman–Crippen MR) is 121 cm³/mol. The van der Waals surface area contributed by atoms with Crippen LogP contribution in [0.5, 0.6) is 0 Å². The summed E-state index contributed by atoms with van der Waals surface area (Å²) in [6.45, 7) is 8.47. The van der Waals surface area contributed by atoms with Gasteiger partial charge in [0.25, 0.3) is 5.56 Å². The van der Waals surface area contributed by atoms with Crippen LogP contribution in [0.2, 0.25) is 0 Å². The number of hydrogen-bond donors (Lipinski definition) is 2. The average molecular weight is 435 g/mol. The van der Waals surface area contributed by atoms with Crippen molar-refractivity contribution in [2.45, 2.75) is 45.3 Å². The molecule has 8 heteroatoms. The van der Waals surface area contributed by atoms with Crippen molar-refractivity contribution in [1.29, 1.82) is 0 Å². The maximum Gasteiger partial charge on any atom is 0.259 e. The summed E-state index contributed by atoms with van der Waals surface area (Å²) < 4.78 is 0. The summed E-state index contributed by atoms with van der Waals surface area (Å²) in [6, 6.07) is 0. The minimum absolute atomic E-state index is 0.0283. The molecule has 2 atom stereocenters. The smallest absolute Gasteiger partial charge is 0.259 e. The SMILES string of the molecule is CC1CC(C)CN(CCNC(=O)CSCc2nc3sc4c(c3c(=O)[nH]2)CCC4)C1. The van der Waals surface area contributed by atoms with E-state index in [0.29, 0.717) is 23.9 Å². The third-order valence-electron chi connectivity index (χ3n) is 5.79. The van der Waals surface area contributed by atoms with Gasteiger partial charge in [0.2, 0.25) is 5.91 Å². The molecule has 0 bridgehead atoms. The lowest BCUT2D eigenvalue weighted by Gasteiger charge is -2.34. The molecule has 0 spiro atoms. The molecular weight excluding hydrogens is 404 g/mol. The summed E-state index contributed by atoms with van der Waals surface area (Å²) in [5.74, 6) is 3.11. The van der Waals surface area contributed by atoms with Gasteiger partial charge in [-0.2, -0.15) is 0 Å². The van der Waals surface area contributed by atoms with Crippen LogP contribution in [-0.2, 0) is 23.4 Å². The van der Waals surface area contributed by atoms with Gasteiger partial charge in [-0.15, -0.1) is 23.1 Å². The van der Waals surface area contributed by atoms with Gasteiger partial charge in [0, 0.05) is 31.1 Å². The van der Waals surface area contributed by atoms with Gasteiger partial charge in [-0.25, -0.2) is 4.98 Å². The van der Waals surface area contributed by atoms with Crippen LogP contribution in [0.25, 0.3) is 10.2 Å². The summed E-state index contributed by atoms with van der Waals surface area (Å²) >= 11 is 3.15. The Hall–Kier alpha value is -1.38. The van der Waals surface area contributed by atoms with Crippen molar-refractivity contribution in [1.82, 2.24) is 20.2 Å². The Morgan fingerprint density at radius 3 is 2.90 bits per heavy atom. The molecule has 2 aliphatic rings. The molecule has 6 nitrogen and oxygen atoms in total. The number of thioether (sulfide) groups is 1. The third-order valence-corrected chi connectivity index (χ3v) is 7.92. The first-order chi connectivity index (χ1) is 14.0. The molecule has 0 saturated carbocycles. The van der Waals surface area contributed by atoms with E-state index in [2.05, 4.69) is 34.0 Å². The Bertz CT molecular complexity index is 929. The monoisotopic (exact) mass is 434 g/mol. The molecule has 4 rings (SSSR count). The third kappa shape index (κ3) is 5.03. The van der Waals surface area contributed by atoms with E-state index in [1.54, 1.807) is 11.3 Å². The number of aromatic nitrogens is 2. The number of carbonyl (C=O) groups is 1. The van der Waals surface area contributed by atoms with Crippen molar-refractivity contribution in [3.8, 4) is 0 Å². The van der Waals surface area contributed by atoms with Crippen LogP contribution in [0.4, 0.5) is 0 Å². The van der Waals surface area contributed by atoms with Gasteiger partial charge in [-0.05, 0) is 43.1 Å². The van der Waals surface area contributed by atoms with Gasteiger partial charge in [0.15, 0.2) is 0 Å². The normalized spacial score (nSPS) is 22.1. The Balaban J connectivity index is 1.22. The molecule has 1 saturated heterocycles. The minimum atomic E-state index is -0.0283. The molecule has 1 aliphatic heterocycles. The Labute approximate surface area is 179 Å². The molecule has 1 amide bonds. The number of amides is 1. The van der Waals surface area contributed by atoms with Crippen LogP contribution in [-0.4, -0.2) is 52.7 Å². The highest BCUT2D eigenvalue weighted by atomic mass is 32.2. The van der Waals surface area contributed by atoms with Gasteiger partial charge in [0.1, 0.15) is 10.7 Å². The highest BCUT2D eigenvalue weighted by molar-refractivity contribution is 7.99. The number of nitrogens with zero attached hydrogens (tertiary/aromatic N) is 2. The summed E-state index contributed by atoms with van der Waals surface area (Å²) in [5.41, 5.74) is 1.18. The summed E-state index contributed by atoms with van der Waals surface area (Å²) in [5, 5.41) is 3.81. The summed E-state index contributed by atoms with van der Waals surface area (Å²) in [6.07, 6.45) is 4.49. The van der Waals surface area contributed by atoms with Crippen molar-refractivity contribution in [2.24, 2.45) is 11.8 Å². The second-order valence-corrected chi connectivity index (χ2v) is 10.7. The molecular formula is C21H30N4O2S2. The molecule has 0 radical (unpaired) electrons. The number of carbonyl (C=O) groups excluding carboxylic acids is 1. The number of fused-ring (bicyclic) bond motifs is 3. The number of aryl methyl sites for hydroxylation is 2. The van der Waals surface area contributed by atoms with Gasteiger partial charge < -0.3 is 15.2 Å². The Morgan fingerprint density at radius 2 is 2.10 bits per heavy atom. The van der Waals surface area contributed by atoms with Crippen LogP contribution in [0.15, 0.2) is 4.79 Å². The second kappa shape index (κ2) is 9.18. The highest BCUT2D eigenvalue weighted by Crippen LogP contribution is 2.34. The Morgan fingerprint density at radius 1 is 1.31 bits per heavy atom. The number of nitrogens with one attached hydrogen (secondary N) is 2. The zero-order valence-corrected chi connectivity index (χ0v) is 18.9. The number of piperidine rings is 1. The van der Waals surface area contributed by atoms with E-state index in [0.717, 1.165) is 60.9 Å². The van der Waals surface area contributed by atoms with Gasteiger partial charge in [0.05, 0.1) is 16.9 Å².